The number of rotatable bonds is 3. The minimum Gasteiger partial charge on any atom is -0.316 e. The van der Waals surface area contributed by atoms with Crippen molar-refractivity contribution in [1.82, 2.24) is 0 Å². The quantitative estimate of drug-likeness (QED) is 0.381. The predicted molar refractivity (Wildman–Crippen MR) is 158 cm³/mol. The molecule has 2 unspecified atom stereocenters. The maximum Gasteiger partial charge on any atom is 0.407 e. The average Bonchev–Trinajstić information content (AvgIpc) is 3.27. The molecule has 5 heteroatoms. The van der Waals surface area contributed by atoms with E-state index in [2.05, 4.69) is 77.1 Å². The summed E-state index contributed by atoms with van der Waals surface area (Å²) in [4.78, 5) is 0. The number of hydrogen-bond donors (Lipinski definition) is 1. The number of nitrogens with two attached hydrogens (primary N) is 1. The molecule has 0 spiro atoms. The van der Waals surface area contributed by atoms with Gasteiger partial charge in [0, 0.05) is 5.56 Å². The molecule has 39 heavy (non-hydrogen) atoms. The van der Waals surface area contributed by atoms with Gasteiger partial charge < -0.3 is 5.73 Å². The topological polar surface area (TPSA) is 26.0 Å². The number of halogens is 4. The maximum atomic E-state index is 13.2. The van der Waals surface area contributed by atoms with Gasteiger partial charge in [0.25, 0.3) is 0 Å². The molecule has 0 saturated heterocycles. The van der Waals surface area contributed by atoms with Crippen LogP contribution in [0.15, 0.2) is 77.4 Å². The molecule has 0 heterocycles. The molecular weight excluding hydrogens is 498 g/mol. The van der Waals surface area contributed by atoms with Crippen LogP contribution in [0, 0.1) is 25.1 Å². The molecule has 2 N–H and O–H groups in total. The van der Waals surface area contributed by atoms with E-state index in [4.69, 9.17) is 5.73 Å². The SMILES string of the molecule is C/C=C\C1=C(C)C=C2CCCC2(C)C1.CC.CCc1cccc(F)c1C(N)C(F)(F)F.Cc1ccc(C)cc1. The highest BCUT2D eigenvalue weighted by Crippen LogP contribution is 2.50. The van der Waals surface area contributed by atoms with E-state index in [1.165, 1.54) is 54.5 Å². The molecule has 0 amide bonds. The van der Waals surface area contributed by atoms with Crippen molar-refractivity contribution < 1.29 is 17.6 Å². The summed E-state index contributed by atoms with van der Waals surface area (Å²) >= 11 is 0. The molecule has 2 aliphatic carbocycles. The van der Waals surface area contributed by atoms with Gasteiger partial charge in [-0.15, -0.1) is 0 Å². The van der Waals surface area contributed by atoms with Gasteiger partial charge in [-0.25, -0.2) is 4.39 Å². The highest BCUT2D eigenvalue weighted by molar-refractivity contribution is 5.42. The third-order valence-electron chi connectivity index (χ3n) is 7.20. The smallest absolute Gasteiger partial charge is 0.316 e. The van der Waals surface area contributed by atoms with E-state index in [-0.39, 0.29) is 0 Å². The van der Waals surface area contributed by atoms with Gasteiger partial charge in [-0.1, -0.05) is 99.0 Å². The third-order valence-corrected chi connectivity index (χ3v) is 7.20. The molecule has 0 aliphatic heterocycles. The van der Waals surface area contributed by atoms with E-state index in [9.17, 15) is 17.6 Å². The standard InChI is InChI=1S/C14H20.C10H11F4N.C8H10.C2H6/c1-4-6-12-10-14(3)8-5-7-13(14)9-11(12)2;1-2-6-4-3-5-7(11)8(6)9(15)10(12,13)14;1-7-3-5-8(2)6-4-7;1-2/h4,6,9H,5,7-8,10H2,1-3H3;3-5,9H,2,15H2,1H3;3-6H,1-2H3;1-2H3/b6-4-;;;. The van der Waals surface area contributed by atoms with Gasteiger partial charge >= 0.3 is 6.18 Å². The number of allylic oxidation sites excluding steroid dienone is 6. The summed E-state index contributed by atoms with van der Waals surface area (Å²) in [6.45, 7) is 16.6. The summed E-state index contributed by atoms with van der Waals surface area (Å²) in [6, 6.07) is 10.0. The zero-order chi connectivity index (χ0) is 29.8. The molecule has 2 aromatic carbocycles. The zero-order valence-electron chi connectivity index (χ0n) is 25.0. The van der Waals surface area contributed by atoms with Crippen molar-refractivity contribution in [2.45, 2.75) is 99.7 Å². The highest BCUT2D eigenvalue weighted by atomic mass is 19.4. The molecule has 2 aromatic rings. The van der Waals surface area contributed by atoms with Crippen LogP contribution >= 0.6 is 0 Å². The Kier molecular flexibility index (Phi) is 13.9. The predicted octanol–water partition coefficient (Wildman–Crippen LogP) is 10.7. The molecule has 2 atom stereocenters. The Morgan fingerprint density at radius 3 is 2.05 bits per heavy atom. The van der Waals surface area contributed by atoms with Crippen LogP contribution in [0.2, 0.25) is 0 Å². The second-order valence-corrected chi connectivity index (χ2v) is 10.3. The molecule has 0 aromatic heterocycles. The lowest BCUT2D eigenvalue weighted by atomic mass is 9.73. The Labute approximate surface area is 233 Å². The van der Waals surface area contributed by atoms with Crippen LogP contribution in [0.25, 0.3) is 0 Å². The molecular formula is C34H47F4N. The number of aryl methyl sites for hydroxylation is 3. The fourth-order valence-electron chi connectivity index (χ4n) is 4.92. The van der Waals surface area contributed by atoms with Crippen LogP contribution in [-0.2, 0) is 6.42 Å². The van der Waals surface area contributed by atoms with Crippen molar-refractivity contribution in [3.63, 3.8) is 0 Å². The highest BCUT2D eigenvalue weighted by Gasteiger charge is 2.40. The lowest BCUT2D eigenvalue weighted by molar-refractivity contribution is -0.149. The van der Waals surface area contributed by atoms with Gasteiger partial charge in [-0.2, -0.15) is 13.2 Å². The average molecular weight is 546 g/mol. The largest absolute Gasteiger partial charge is 0.407 e. The molecule has 0 radical (unpaired) electrons. The fourth-order valence-corrected chi connectivity index (χ4v) is 4.92. The first-order valence-corrected chi connectivity index (χ1v) is 14.0. The lowest BCUT2D eigenvalue weighted by Gasteiger charge is -2.31. The summed E-state index contributed by atoms with van der Waals surface area (Å²) in [5, 5.41) is 0. The molecule has 1 nitrogen and oxygen atoms in total. The van der Waals surface area contributed by atoms with Crippen molar-refractivity contribution in [3.05, 3.63) is 105 Å². The van der Waals surface area contributed by atoms with Crippen LogP contribution in [0.4, 0.5) is 17.6 Å². The van der Waals surface area contributed by atoms with Crippen LogP contribution in [-0.4, -0.2) is 6.18 Å². The molecule has 2 aliphatic rings. The summed E-state index contributed by atoms with van der Waals surface area (Å²) in [6.07, 6.45) is 7.94. The van der Waals surface area contributed by atoms with Crippen molar-refractivity contribution in [1.29, 1.82) is 0 Å². The summed E-state index contributed by atoms with van der Waals surface area (Å²) < 4.78 is 50.3. The Morgan fingerprint density at radius 2 is 1.56 bits per heavy atom. The van der Waals surface area contributed by atoms with Gasteiger partial charge in [0.1, 0.15) is 11.9 Å². The van der Waals surface area contributed by atoms with E-state index in [0.717, 1.165) is 6.07 Å². The molecule has 4 rings (SSSR count). The van der Waals surface area contributed by atoms with Crippen molar-refractivity contribution in [2.75, 3.05) is 0 Å². The van der Waals surface area contributed by atoms with Crippen molar-refractivity contribution >= 4 is 0 Å². The second-order valence-electron chi connectivity index (χ2n) is 10.3. The number of fused-ring (bicyclic) bond motifs is 1. The number of alkyl halides is 3. The Balaban J connectivity index is 0.000000294. The maximum absolute atomic E-state index is 13.2. The minimum atomic E-state index is -4.62. The number of hydrogen-bond acceptors (Lipinski definition) is 1. The van der Waals surface area contributed by atoms with Gasteiger partial charge in [0.15, 0.2) is 0 Å². The minimum absolute atomic E-state index is 0.292. The Hall–Kier alpha value is -2.66. The lowest BCUT2D eigenvalue weighted by Crippen LogP contribution is -2.30. The second kappa shape index (κ2) is 15.8. The first-order valence-electron chi connectivity index (χ1n) is 14.0. The van der Waals surface area contributed by atoms with E-state index in [1.807, 2.05) is 13.8 Å². The van der Waals surface area contributed by atoms with Gasteiger partial charge in [0.2, 0.25) is 0 Å². The van der Waals surface area contributed by atoms with Crippen molar-refractivity contribution in [3.8, 4) is 0 Å². The van der Waals surface area contributed by atoms with Gasteiger partial charge in [0.05, 0.1) is 0 Å². The van der Waals surface area contributed by atoms with E-state index < -0.39 is 23.6 Å². The normalized spacial score (nSPS) is 19.1. The van der Waals surface area contributed by atoms with Crippen LogP contribution in [0.5, 0.6) is 0 Å². The number of benzene rings is 2. The third kappa shape index (κ3) is 10.1. The summed E-state index contributed by atoms with van der Waals surface area (Å²) in [7, 11) is 0. The van der Waals surface area contributed by atoms with Crippen LogP contribution in [0.1, 0.15) is 95.5 Å². The van der Waals surface area contributed by atoms with E-state index >= 15 is 0 Å². The molecule has 1 saturated carbocycles. The Bertz CT molecular complexity index is 1100. The van der Waals surface area contributed by atoms with E-state index in [1.54, 1.807) is 18.1 Å². The van der Waals surface area contributed by atoms with Gasteiger partial charge in [-0.3, -0.25) is 0 Å². The van der Waals surface area contributed by atoms with Crippen LogP contribution in [0.3, 0.4) is 0 Å². The zero-order valence-corrected chi connectivity index (χ0v) is 25.0. The summed E-state index contributed by atoms with van der Waals surface area (Å²) in [5.74, 6) is -0.904. The van der Waals surface area contributed by atoms with Gasteiger partial charge in [-0.05, 0) is 88.0 Å². The first kappa shape index (κ1) is 34.4. The molecule has 216 valence electrons. The fraction of sp³-hybridized carbons (Fsp3) is 0.471. The van der Waals surface area contributed by atoms with E-state index in [0.29, 0.717) is 17.4 Å². The Morgan fingerprint density at radius 1 is 1.00 bits per heavy atom. The monoisotopic (exact) mass is 545 g/mol. The molecule has 1 fully saturated rings. The van der Waals surface area contributed by atoms with Crippen molar-refractivity contribution in [2.24, 2.45) is 11.1 Å². The molecule has 0 bridgehead atoms. The van der Waals surface area contributed by atoms with Crippen LogP contribution < -0.4 is 5.73 Å². The first-order chi connectivity index (χ1) is 18.3. The summed E-state index contributed by atoms with van der Waals surface area (Å²) in [5.41, 5.74) is 12.7.